The molecule has 1 nitrogen and oxygen atoms in total. The van der Waals surface area contributed by atoms with Crippen molar-refractivity contribution in [1.82, 2.24) is 0 Å². The summed E-state index contributed by atoms with van der Waals surface area (Å²) in [7, 11) is 0. The van der Waals surface area contributed by atoms with E-state index in [1.54, 1.807) is 0 Å². The van der Waals surface area contributed by atoms with Crippen LogP contribution in [0.25, 0.3) is 0 Å². The summed E-state index contributed by atoms with van der Waals surface area (Å²) in [6, 6.07) is 5.04. The van der Waals surface area contributed by atoms with Crippen LogP contribution in [0.5, 0.6) is 0 Å². The predicted molar refractivity (Wildman–Crippen MR) is 74.0 cm³/mol. The van der Waals surface area contributed by atoms with Crippen LogP contribution in [0.15, 0.2) is 16.6 Å². The van der Waals surface area contributed by atoms with E-state index >= 15 is 0 Å². The summed E-state index contributed by atoms with van der Waals surface area (Å²) in [6.45, 7) is 6.72. The lowest BCUT2D eigenvalue weighted by atomic mass is 10.0. The molecule has 16 heavy (non-hydrogen) atoms. The smallest absolute Gasteiger partial charge is 0.0402 e. The highest BCUT2D eigenvalue weighted by Crippen LogP contribution is 2.31. The first-order valence-electron chi connectivity index (χ1n) is 6.11. The number of benzene rings is 1. The molecular weight excluding hydrogens is 262 g/mol. The molecule has 1 saturated carbocycles. The molecule has 0 amide bonds. The van der Waals surface area contributed by atoms with Crippen LogP contribution in [0.2, 0.25) is 0 Å². The van der Waals surface area contributed by atoms with Crippen molar-refractivity contribution in [2.75, 3.05) is 5.32 Å². The van der Waals surface area contributed by atoms with Gasteiger partial charge in [0, 0.05) is 16.2 Å². The first-order valence-corrected chi connectivity index (χ1v) is 6.90. The van der Waals surface area contributed by atoms with Crippen LogP contribution < -0.4 is 5.32 Å². The van der Waals surface area contributed by atoms with Crippen LogP contribution in [-0.4, -0.2) is 6.04 Å². The van der Waals surface area contributed by atoms with E-state index < -0.39 is 0 Å². The van der Waals surface area contributed by atoms with Crippen molar-refractivity contribution in [2.24, 2.45) is 5.92 Å². The van der Waals surface area contributed by atoms with Gasteiger partial charge in [0.05, 0.1) is 0 Å². The van der Waals surface area contributed by atoms with E-state index in [2.05, 4.69) is 54.2 Å². The molecule has 0 heterocycles. The minimum Gasteiger partial charge on any atom is -0.382 e. The van der Waals surface area contributed by atoms with Crippen molar-refractivity contribution in [1.29, 1.82) is 0 Å². The number of halogens is 1. The summed E-state index contributed by atoms with van der Waals surface area (Å²) in [4.78, 5) is 0. The second-order valence-electron chi connectivity index (χ2n) is 5.07. The lowest BCUT2D eigenvalue weighted by molar-refractivity contribution is 0.556. The first kappa shape index (κ1) is 12.0. The van der Waals surface area contributed by atoms with Gasteiger partial charge in [-0.15, -0.1) is 0 Å². The number of hydrogen-bond donors (Lipinski definition) is 1. The van der Waals surface area contributed by atoms with Crippen LogP contribution in [-0.2, 0) is 0 Å². The van der Waals surface area contributed by atoms with E-state index in [1.807, 2.05) is 0 Å². The van der Waals surface area contributed by atoms with Gasteiger partial charge in [-0.2, -0.15) is 0 Å². The molecular formula is C14H20BrN. The topological polar surface area (TPSA) is 12.0 Å². The van der Waals surface area contributed by atoms with Crippen molar-refractivity contribution in [3.63, 3.8) is 0 Å². The van der Waals surface area contributed by atoms with Gasteiger partial charge in [-0.3, -0.25) is 0 Å². The number of nitrogens with one attached hydrogen (secondary N) is 1. The highest BCUT2D eigenvalue weighted by Gasteiger charge is 2.23. The molecule has 0 saturated heterocycles. The van der Waals surface area contributed by atoms with Crippen molar-refractivity contribution < 1.29 is 0 Å². The Morgan fingerprint density at radius 2 is 1.81 bits per heavy atom. The third-order valence-electron chi connectivity index (χ3n) is 3.69. The van der Waals surface area contributed by atoms with E-state index in [0.717, 1.165) is 5.92 Å². The predicted octanol–water partition coefficient (Wildman–Crippen LogP) is 4.67. The summed E-state index contributed by atoms with van der Waals surface area (Å²) >= 11 is 3.54. The standard InChI is InChI=1S/C14H20BrN/c1-9-5-4-6-13(9)16-14-10(2)7-12(15)8-11(14)3/h7-9,13,16H,4-6H2,1-3H3. The lowest BCUT2D eigenvalue weighted by Gasteiger charge is -2.22. The van der Waals surface area contributed by atoms with Gasteiger partial charge in [0.25, 0.3) is 0 Å². The van der Waals surface area contributed by atoms with Gasteiger partial charge in [0.15, 0.2) is 0 Å². The largest absolute Gasteiger partial charge is 0.382 e. The Labute approximate surface area is 107 Å². The van der Waals surface area contributed by atoms with Crippen molar-refractivity contribution in [2.45, 2.75) is 46.1 Å². The van der Waals surface area contributed by atoms with E-state index in [9.17, 15) is 0 Å². The van der Waals surface area contributed by atoms with E-state index in [1.165, 1.54) is 40.5 Å². The SMILES string of the molecule is Cc1cc(Br)cc(C)c1NC1CCCC1C. The number of anilines is 1. The van der Waals surface area contributed by atoms with Crippen molar-refractivity contribution in [3.05, 3.63) is 27.7 Å². The maximum absolute atomic E-state index is 3.73. The molecule has 2 atom stereocenters. The monoisotopic (exact) mass is 281 g/mol. The van der Waals surface area contributed by atoms with Crippen LogP contribution >= 0.6 is 15.9 Å². The molecule has 0 bridgehead atoms. The van der Waals surface area contributed by atoms with Crippen molar-refractivity contribution >= 4 is 21.6 Å². The molecule has 0 radical (unpaired) electrons. The molecule has 0 spiro atoms. The number of rotatable bonds is 2. The summed E-state index contributed by atoms with van der Waals surface area (Å²) in [6.07, 6.45) is 4.05. The minimum atomic E-state index is 0.665. The molecule has 0 aromatic heterocycles. The van der Waals surface area contributed by atoms with Crippen LogP contribution in [0.4, 0.5) is 5.69 Å². The van der Waals surface area contributed by atoms with Crippen molar-refractivity contribution in [3.8, 4) is 0 Å². The Morgan fingerprint density at radius 3 is 2.31 bits per heavy atom. The maximum atomic E-state index is 3.73. The summed E-state index contributed by atoms with van der Waals surface area (Å²) in [5.41, 5.74) is 4.01. The Bertz CT molecular complexity index is 363. The molecule has 1 aromatic rings. The quantitative estimate of drug-likeness (QED) is 0.831. The third kappa shape index (κ3) is 2.42. The Morgan fingerprint density at radius 1 is 1.19 bits per heavy atom. The fourth-order valence-electron chi connectivity index (χ4n) is 2.68. The fourth-order valence-corrected chi connectivity index (χ4v) is 3.37. The normalized spacial score (nSPS) is 24.8. The molecule has 1 aliphatic carbocycles. The average Bonchev–Trinajstić information content (AvgIpc) is 2.57. The second kappa shape index (κ2) is 4.79. The summed E-state index contributed by atoms with van der Waals surface area (Å²) in [5.74, 6) is 0.808. The van der Waals surface area contributed by atoms with Gasteiger partial charge in [-0.05, 0) is 55.9 Å². The molecule has 0 aliphatic heterocycles. The van der Waals surface area contributed by atoms with Crippen LogP contribution in [0.3, 0.4) is 0 Å². The van der Waals surface area contributed by atoms with Gasteiger partial charge in [0.1, 0.15) is 0 Å². The van der Waals surface area contributed by atoms with Crippen LogP contribution in [0, 0.1) is 19.8 Å². The van der Waals surface area contributed by atoms with Crippen LogP contribution in [0.1, 0.15) is 37.3 Å². The molecule has 2 unspecified atom stereocenters. The van der Waals surface area contributed by atoms with Gasteiger partial charge < -0.3 is 5.32 Å². The molecule has 1 N–H and O–H groups in total. The zero-order chi connectivity index (χ0) is 11.7. The second-order valence-corrected chi connectivity index (χ2v) is 5.99. The van der Waals surface area contributed by atoms with Gasteiger partial charge in [0.2, 0.25) is 0 Å². The molecule has 2 rings (SSSR count). The first-order chi connectivity index (χ1) is 7.58. The van der Waals surface area contributed by atoms with E-state index in [-0.39, 0.29) is 0 Å². The maximum Gasteiger partial charge on any atom is 0.0402 e. The van der Waals surface area contributed by atoms with E-state index in [0.29, 0.717) is 6.04 Å². The Hall–Kier alpha value is -0.500. The van der Waals surface area contributed by atoms with Gasteiger partial charge >= 0.3 is 0 Å². The third-order valence-corrected chi connectivity index (χ3v) is 4.15. The molecule has 88 valence electrons. The number of aryl methyl sites for hydroxylation is 2. The zero-order valence-electron chi connectivity index (χ0n) is 10.3. The number of hydrogen-bond acceptors (Lipinski definition) is 1. The molecule has 1 aliphatic rings. The summed E-state index contributed by atoms with van der Waals surface area (Å²) in [5, 5.41) is 3.73. The highest BCUT2D eigenvalue weighted by atomic mass is 79.9. The molecule has 1 fully saturated rings. The molecule has 1 aromatic carbocycles. The van der Waals surface area contributed by atoms with Gasteiger partial charge in [-0.1, -0.05) is 29.3 Å². The Balaban J connectivity index is 2.21. The zero-order valence-corrected chi connectivity index (χ0v) is 11.9. The van der Waals surface area contributed by atoms with Gasteiger partial charge in [-0.25, -0.2) is 0 Å². The summed E-state index contributed by atoms with van der Waals surface area (Å²) < 4.78 is 1.17. The highest BCUT2D eigenvalue weighted by molar-refractivity contribution is 9.10. The Kier molecular flexibility index (Phi) is 3.58. The minimum absolute atomic E-state index is 0.665. The van der Waals surface area contributed by atoms with E-state index in [4.69, 9.17) is 0 Å². The average molecular weight is 282 g/mol. The lowest BCUT2D eigenvalue weighted by Crippen LogP contribution is -2.22. The molecule has 2 heteroatoms. The fraction of sp³-hybridized carbons (Fsp3) is 0.571.